The van der Waals surface area contributed by atoms with E-state index in [1.54, 1.807) is 53.5 Å². The second-order valence-electron chi connectivity index (χ2n) is 15.6. The minimum atomic E-state index is -2.31. The van der Waals surface area contributed by atoms with Crippen molar-refractivity contribution in [2.24, 2.45) is 11.8 Å². The zero-order chi connectivity index (χ0) is 34.6. The van der Waals surface area contributed by atoms with E-state index >= 15 is 0 Å². The molecule has 0 aliphatic heterocycles. The van der Waals surface area contributed by atoms with Gasteiger partial charge in [0.15, 0.2) is 0 Å². The van der Waals surface area contributed by atoms with Gasteiger partial charge < -0.3 is 0 Å². The van der Waals surface area contributed by atoms with E-state index in [1.165, 1.54) is 62.9 Å². The Morgan fingerprint density at radius 3 is 1.33 bits per heavy atom. The van der Waals surface area contributed by atoms with Gasteiger partial charge in [-0.1, -0.05) is 0 Å². The fraction of sp³-hybridized carbons (Fsp3) is 0.550. The van der Waals surface area contributed by atoms with Crippen LogP contribution >= 0.6 is 46.2 Å². The second kappa shape index (κ2) is 18.2. The first kappa shape index (κ1) is 40.6. The Morgan fingerprint density at radius 1 is 0.604 bits per heavy atom. The predicted octanol–water partition coefficient (Wildman–Crippen LogP) is 13.3. The van der Waals surface area contributed by atoms with Crippen LogP contribution in [-0.4, -0.2) is 77.3 Å². The summed E-state index contributed by atoms with van der Waals surface area (Å²) in [6, 6.07) is 15.5. The van der Waals surface area contributed by atoms with Crippen LogP contribution in [0, 0.1) is 11.8 Å². The molecule has 0 aliphatic carbocycles. The molecule has 5 aromatic rings. The first-order valence-electron chi connectivity index (χ1n) is 18.4. The molecule has 0 nitrogen and oxygen atoms in total. The third-order valence-electron chi connectivity index (χ3n) is 9.60. The first-order valence-corrected chi connectivity index (χ1v) is 45.4. The molecule has 1 aromatic carbocycles. The van der Waals surface area contributed by atoms with Crippen molar-refractivity contribution < 1.29 is 0 Å². The Hall–Kier alpha value is 1.44. The molecule has 8 heteroatoms. The van der Waals surface area contributed by atoms with Crippen LogP contribution in [0.1, 0.15) is 79.1 Å². The number of unbranched alkanes of at least 4 members (excludes halogenated alkanes) is 2. The van der Waals surface area contributed by atoms with Crippen molar-refractivity contribution in [1.82, 2.24) is 0 Å². The Balaban J connectivity index is 1.63. The molecule has 0 N–H and O–H groups in total. The molecule has 0 radical (unpaired) electrons. The van der Waals surface area contributed by atoms with Gasteiger partial charge in [-0.3, -0.25) is 0 Å². The summed E-state index contributed by atoms with van der Waals surface area (Å²) in [4.78, 5) is 15.7. The number of benzene rings is 1. The molecular formula is C40H58S4Se2Sn2. The van der Waals surface area contributed by atoms with Crippen LogP contribution in [0.4, 0.5) is 0 Å². The second-order valence-corrected chi connectivity index (χ2v) is 56.4. The van der Waals surface area contributed by atoms with Crippen LogP contribution in [0.5, 0.6) is 0 Å². The molecular weight excluding hydrogens is 1000 g/mol. The molecule has 0 aliphatic rings. The monoisotopic (exact) mass is 1070 g/mol. The number of thioether (sulfide) groups is 2. The summed E-state index contributed by atoms with van der Waals surface area (Å²) >= 11 is 4.92. The summed E-state index contributed by atoms with van der Waals surface area (Å²) < 4.78 is 13.3. The van der Waals surface area contributed by atoms with Gasteiger partial charge in [0.2, 0.25) is 0 Å². The molecule has 2 atom stereocenters. The molecule has 2 unspecified atom stereocenters. The fourth-order valence-corrected chi connectivity index (χ4v) is 27.4. The van der Waals surface area contributed by atoms with E-state index < -0.39 is 36.8 Å². The van der Waals surface area contributed by atoms with Gasteiger partial charge in [0, 0.05) is 0 Å². The van der Waals surface area contributed by atoms with Crippen LogP contribution in [0.15, 0.2) is 43.9 Å². The molecule has 0 bridgehead atoms. The molecule has 0 fully saturated rings. The maximum absolute atomic E-state index is 2.71. The summed E-state index contributed by atoms with van der Waals surface area (Å²) in [6.45, 7) is 9.45. The molecule has 48 heavy (non-hydrogen) atoms. The van der Waals surface area contributed by atoms with E-state index in [2.05, 4.69) is 140 Å². The van der Waals surface area contributed by atoms with E-state index in [1.807, 2.05) is 0 Å². The zero-order valence-corrected chi connectivity index (χ0v) is 43.5. The van der Waals surface area contributed by atoms with E-state index in [4.69, 9.17) is 0 Å². The molecule has 4 heterocycles. The topological polar surface area (TPSA) is 0 Å². The maximum atomic E-state index is 2.71. The van der Waals surface area contributed by atoms with E-state index in [0.717, 1.165) is 11.8 Å². The first-order chi connectivity index (χ1) is 22.9. The quantitative estimate of drug-likeness (QED) is 0.0634. The normalized spacial score (nSPS) is 14.0. The van der Waals surface area contributed by atoms with Crippen molar-refractivity contribution in [2.75, 3.05) is 11.5 Å². The molecule has 5 rings (SSSR count). The van der Waals surface area contributed by atoms with Gasteiger partial charge in [0.1, 0.15) is 0 Å². The summed E-state index contributed by atoms with van der Waals surface area (Å²) in [5.41, 5.74) is 3.24. The number of rotatable bonds is 18. The SMILES string of the molecule is CCCCC(CC)CSc1ccc(-c2c3c[c]([Sn]([CH3])([CH3])[CH3])sc3c(-c3ccc(SCC(CC)CCCC)[se]3)c3c[c]([Sn]([CH3])([CH3])[CH3])sc23)[se]1. The summed E-state index contributed by atoms with van der Waals surface area (Å²) in [7, 11) is 0. The molecule has 0 saturated heterocycles. The van der Waals surface area contributed by atoms with E-state index in [0.29, 0.717) is 29.0 Å². The molecule has 0 spiro atoms. The van der Waals surface area contributed by atoms with Crippen molar-refractivity contribution in [3.63, 3.8) is 0 Å². The number of fused-ring (bicyclic) bond motifs is 2. The van der Waals surface area contributed by atoms with Crippen LogP contribution < -0.4 is 5.79 Å². The molecule has 0 amide bonds. The van der Waals surface area contributed by atoms with Crippen molar-refractivity contribution >= 4 is 138 Å². The minimum absolute atomic E-state index is 0.396. The van der Waals surface area contributed by atoms with Gasteiger partial charge in [-0.2, -0.15) is 0 Å². The van der Waals surface area contributed by atoms with Crippen LogP contribution in [0.2, 0.25) is 29.6 Å². The Bertz CT molecular complexity index is 1600. The van der Waals surface area contributed by atoms with Gasteiger partial charge in [-0.25, -0.2) is 0 Å². The zero-order valence-electron chi connectivity index (χ0n) is 31.1. The fourth-order valence-electron chi connectivity index (χ4n) is 6.26. The molecule has 0 saturated carbocycles. The summed E-state index contributed by atoms with van der Waals surface area (Å²) in [5, 5.41) is 3.18. The Kier molecular flexibility index (Phi) is 15.4. The number of hydrogen-bond donors (Lipinski definition) is 0. The van der Waals surface area contributed by atoms with Gasteiger partial charge >= 0.3 is 334 Å². The molecule has 4 aromatic heterocycles. The van der Waals surface area contributed by atoms with E-state index in [-0.39, 0.29) is 0 Å². The third-order valence-corrected chi connectivity index (χ3v) is 39.0. The van der Waals surface area contributed by atoms with Gasteiger partial charge in [0.05, 0.1) is 0 Å². The van der Waals surface area contributed by atoms with Crippen LogP contribution in [0.3, 0.4) is 0 Å². The number of thiophene rings is 2. The summed E-state index contributed by atoms with van der Waals surface area (Å²) in [5.74, 6) is 4.29. The van der Waals surface area contributed by atoms with Crippen LogP contribution in [0.25, 0.3) is 40.2 Å². The van der Waals surface area contributed by atoms with Crippen LogP contribution in [-0.2, 0) is 0 Å². The third kappa shape index (κ3) is 9.94. The van der Waals surface area contributed by atoms with Crippen molar-refractivity contribution in [3.05, 3.63) is 36.4 Å². The Labute approximate surface area is 329 Å². The Morgan fingerprint density at radius 2 is 1.00 bits per heavy atom. The average molecular weight is 1060 g/mol. The average Bonchev–Trinajstić information content (AvgIpc) is 3.85. The molecule has 262 valence electrons. The van der Waals surface area contributed by atoms with Crippen molar-refractivity contribution in [3.8, 4) is 20.0 Å². The van der Waals surface area contributed by atoms with E-state index in [9.17, 15) is 0 Å². The van der Waals surface area contributed by atoms with Gasteiger partial charge in [0.25, 0.3) is 0 Å². The van der Waals surface area contributed by atoms with Crippen molar-refractivity contribution in [1.29, 1.82) is 0 Å². The predicted molar refractivity (Wildman–Crippen MR) is 236 cm³/mol. The van der Waals surface area contributed by atoms with Crippen molar-refractivity contribution in [2.45, 2.75) is 116 Å². The van der Waals surface area contributed by atoms with Gasteiger partial charge in [-0.15, -0.1) is 0 Å². The summed E-state index contributed by atoms with van der Waals surface area (Å²) in [6.07, 6.45) is 10.8. The standard InChI is InChI=1S/C34H40S4Se2.6CH3.2Sn/c1-5-9-11-23(7-3)21-37-29-15-13-27(39-29)31-25-17-19-36-34(25)32(26-18-20-35-33(26)31)28-14-16-30(40-28)38-22-24(8-4)12-10-6-2;;;;;;;;/h13-18,23-24H,5-12,21-22H2,1-4H3;6*1H3;;. The number of hydrogen-bond acceptors (Lipinski definition) is 4. The van der Waals surface area contributed by atoms with Gasteiger partial charge in [-0.05, 0) is 0 Å².